The molecular weight excluding hydrogens is 320 g/mol. The molecule has 1 aliphatic heterocycles. The van der Waals surface area contributed by atoms with Crippen LogP contribution in [0.25, 0.3) is 10.6 Å². The number of piperazine rings is 1. The van der Waals surface area contributed by atoms with Gasteiger partial charge >= 0.3 is 0 Å². The number of carbonyl (C=O) groups excluding carboxylic acids is 1. The van der Waals surface area contributed by atoms with Gasteiger partial charge in [-0.15, -0.1) is 11.3 Å². The van der Waals surface area contributed by atoms with Gasteiger partial charge in [0.1, 0.15) is 5.01 Å². The van der Waals surface area contributed by atoms with Gasteiger partial charge in [0.2, 0.25) is 5.91 Å². The number of hydrogen-bond donors (Lipinski definition) is 0. The lowest BCUT2D eigenvalue weighted by Crippen LogP contribution is -2.49. The van der Waals surface area contributed by atoms with Crippen molar-refractivity contribution >= 4 is 17.2 Å². The Morgan fingerprint density at radius 1 is 1.29 bits per heavy atom. The molecular formula is C18H24N4OS. The van der Waals surface area contributed by atoms with Crippen molar-refractivity contribution in [3.05, 3.63) is 35.6 Å². The third-order valence-electron chi connectivity index (χ3n) is 4.14. The zero-order chi connectivity index (χ0) is 16.9. The van der Waals surface area contributed by atoms with Crippen LogP contribution in [0.3, 0.4) is 0 Å². The molecule has 1 saturated heterocycles. The molecule has 5 nitrogen and oxygen atoms in total. The van der Waals surface area contributed by atoms with E-state index < -0.39 is 0 Å². The van der Waals surface area contributed by atoms with Crippen LogP contribution >= 0.6 is 11.3 Å². The average molecular weight is 344 g/mol. The Labute approximate surface area is 147 Å². The first-order valence-corrected chi connectivity index (χ1v) is 9.34. The van der Waals surface area contributed by atoms with Gasteiger partial charge in [0, 0.05) is 56.1 Å². The third kappa shape index (κ3) is 4.39. The van der Waals surface area contributed by atoms with E-state index in [4.69, 9.17) is 0 Å². The lowest BCUT2D eigenvalue weighted by molar-refractivity contribution is -0.132. The van der Waals surface area contributed by atoms with E-state index in [-0.39, 0.29) is 5.91 Å². The number of hydrogen-bond acceptors (Lipinski definition) is 5. The molecule has 128 valence electrons. The Morgan fingerprint density at radius 2 is 2.08 bits per heavy atom. The lowest BCUT2D eigenvalue weighted by atomic mass is 10.2. The molecule has 2 aromatic heterocycles. The van der Waals surface area contributed by atoms with Gasteiger partial charge in [-0.2, -0.15) is 0 Å². The molecule has 24 heavy (non-hydrogen) atoms. The second kappa shape index (κ2) is 7.85. The van der Waals surface area contributed by atoms with Crippen LogP contribution in [0.15, 0.2) is 29.9 Å². The molecule has 3 rings (SSSR count). The predicted octanol–water partition coefficient (Wildman–Crippen LogP) is 2.55. The molecule has 0 radical (unpaired) electrons. The van der Waals surface area contributed by atoms with E-state index in [1.807, 2.05) is 22.4 Å². The number of rotatable bonds is 5. The number of pyridine rings is 1. The standard InChI is InChI=1S/C18H24N4OS/c1-14(2)12-21-6-8-22(9-7-21)17(23)10-16-13-24-18(20-16)15-4-3-5-19-11-15/h3-5,11,13-14H,6-10,12H2,1-2H3. The van der Waals surface area contributed by atoms with Gasteiger partial charge in [0.05, 0.1) is 12.1 Å². The quantitative estimate of drug-likeness (QED) is 0.836. The minimum Gasteiger partial charge on any atom is -0.340 e. The molecule has 1 aliphatic rings. The normalized spacial score (nSPS) is 15.9. The van der Waals surface area contributed by atoms with Crippen LogP contribution in [0, 0.1) is 5.92 Å². The highest BCUT2D eigenvalue weighted by molar-refractivity contribution is 7.13. The second-order valence-corrected chi connectivity index (χ2v) is 7.50. The number of nitrogens with zero attached hydrogens (tertiary/aromatic N) is 4. The second-order valence-electron chi connectivity index (χ2n) is 6.64. The summed E-state index contributed by atoms with van der Waals surface area (Å²) in [6, 6.07) is 3.89. The zero-order valence-electron chi connectivity index (χ0n) is 14.3. The highest BCUT2D eigenvalue weighted by atomic mass is 32.1. The monoisotopic (exact) mass is 344 g/mol. The summed E-state index contributed by atoms with van der Waals surface area (Å²) in [7, 11) is 0. The van der Waals surface area contributed by atoms with Gasteiger partial charge in [-0.3, -0.25) is 14.7 Å². The smallest absolute Gasteiger partial charge is 0.228 e. The first-order chi connectivity index (χ1) is 11.6. The minimum atomic E-state index is 0.183. The molecule has 0 aliphatic carbocycles. The Bertz CT molecular complexity index is 663. The molecule has 0 bridgehead atoms. The largest absolute Gasteiger partial charge is 0.340 e. The van der Waals surface area contributed by atoms with Gasteiger partial charge in [-0.25, -0.2) is 4.98 Å². The Hall–Kier alpha value is -1.79. The lowest BCUT2D eigenvalue weighted by Gasteiger charge is -2.35. The molecule has 0 saturated carbocycles. The van der Waals surface area contributed by atoms with E-state index in [1.54, 1.807) is 23.7 Å². The molecule has 3 heterocycles. The van der Waals surface area contributed by atoms with Gasteiger partial charge in [0.15, 0.2) is 0 Å². The molecule has 0 N–H and O–H groups in total. The van der Waals surface area contributed by atoms with Crippen LogP contribution in [-0.2, 0) is 11.2 Å². The fourth-order valence-electron chi connectivity index (χ4n) is 2.97. The topological polar surface area (TPSA) is 49.3 Å². The van der Waals surface area contributed by atoms with Gasteiger partial charge in [-0.05, 0) is 18.1 Å². The molecule has 0 unspecified atom stereocenters. The number of thiazole rings is 1. The number of amides is 1. The first-order valence-electron chi connectivity index (χ1n) is 8.47. The molecule has 0 spiro atoms. The summed E-state index contributed by atoms with van der Waals surface area (Å²) in [5.74, 6) is 0.857. The van der Waals surface area contributed by atoms with Crippen LogP contribution in [0.5, 0.6) is 0 Å². The summed E-state index contributed by atoms with van der Waals surface area (Å²) in [6.07, 6.45) is 3.94. The van der Waals surface area contributed by atoms with Crippen LogP contribution in [0.4, 0.5) is 0 Å². The van der Waals surface area contributed by atoms with E-state index in [2.05, 4.69) is 28.7 Å². The van der Waals surface area contributed by atoms with E-state index in [1.165, 1.54) is 0 Å². The zero-order valence-corrected chi connectivity index (χ0v) is 15.1. The maximum atomic E-state index is 12.5. The summed E-state index contributed by atoms with van der Waals surface area (Å²) >= 11 is 1.57. The van der Waals surface area contributed by atoms with Crippen LogP contribution in [0.2, 0.25) is 0 Å². The van der Waals surface area contributed by atoms with Crippen molar-refractivity contribution in [2.24, 2.45) is 5.92 Å². The van der Waals surface area contributed by atoms with Crippen molar-refractivity contribution in [3.8, 4) is 10.6 Å². The Morgan fingerprint density at radius 3 is 2.75 bits per heavy atom. The van der Waals surface area contributed by atoms with Crippen molar-refractivity contribution in [2.75, 3.05) is 32.7 Å². The summed E-state index contributed by atoms with van der Waals surface area (Å²) in [6.45, 7) is 9.18. The SMILES string of the molecule is CC(C)CN1CCN(C(=O)Cc2csc(-c3cccnc3)n2)CC1. The fraction of sp³-hybridized carbons (Fsp3) is 0.500. The molecule has 0 atom stereocenters. The summed E-state index contributed by atoms with van der Waals surface area (Å²) in [4.78, 5) is 25.6. The van der Waals surface area contributed by atoms with E-state index in [9.17, 15) is 4.79 Å². The predicted molar refractivity (Wildman–Crippen MR) is 96.9 cm³/mol. The highest BCUT2D eigenvalue weighted by Gasteiger charge is 2.22. The van der Waals surface area contributed by atoms with Crippen molar-refractivity contribution < 1.29 is 4.79 Å². The van der Waals surface area contributed by atoms with Crippen LogP contribution < -0.4 is 0 Å². The van der Waals surface area contributed by atoms with Crippen molar-refractivity contribution in [1.82, 2.24) is 19.8 Å². The van der Waals surface area contributed by atoms with Gasteiger partial charge in [-0.1, -0.05) is 13.8 Å². The molecule has 1 fully saturated rings. The maximum absolute atomic E-state index is 12.5. The fourth-order valence-corrected chi connectivity index (χ4v) is 3.78. The Balaban J connectivity index is 1.54. The van der Waals surface area contributed by atoms with Gasteiger partial charge < -0.3 is 4.90 Å². The molecule has 6 heteroatoms. The average Bonchev–Trinajstić information content (AvgIpc) is 3.04. The number of aromatic nitrogens is 2. The Kier molecular flexibility index (Phi) is 5.58. The van der Waals surface area contributed by atoms with Crippen molar-refractivity contribution in [3.63, 3.8) is 0 Å². The van der Waals surface area contributed by atoms with E-state index in [0.717, 1.165) is 49.0 Å². The molecule has 0 aromatic carbocycles. The highest BCUT2D eigenvalue weighted by Crippen LogP contribution is 2.23. The molecule has 2 aromatic rings. The first kappa shape index (κ1) is 17.0. The summed E-state index contributed by atoms with van der Waals surface area (Å²) < 4.78 is 0. The van der Waals surface area contributed by atoms with E-state index in [0.29, 0.717) is 12.3 Å². The van der Waals surface area contributed by atoms with E-state index >= 15 is 0 Å². The number of carbonyl (C=O) groups is 1. The van der Waals surface area contributed by atoms with Crippen molar-refractivity contribution in [2.45, 2.75) is 20.3 Å². The summed E-state index contributed by atoms with van der Waals surface area (Å²) in [5, 5.41) is 2.91. The molecule has 1 amide bonds. The van der Waals surface area contributed by atoms with Crippen LogP contribution in [0.1, 0.15) is 19.5 Å². The van der Waals surface area contributed by atoms with Crippen molar-refractivity contribution in [1.29, 1.82) is 0 Å². The minimum absolute atomic E-state index is 0.183. The maximum Gasteiger partial charge on any atom is 0.228 e. The van der Waals surface area contributed by atoms with Crippen LogP contribution in [-0.4, -0.2) is 58.4 Å². The summed E-state index contributed by atoms with van der Waals surface area (Å²) in [5.41, 5.74) is 1.86. The van der Waals surface area contributed by atoms with Gasteiger partial charge in [0.25, 0.3) is 0 Å². The third-order valence-corrected chi connectivity index (χ3v) is 5.08.